The van der Waals surface area contributed by atoms with E-state index in [9.17, 15) is 18.0 Å². The molecule has 3 rings (SSSR count). The molecule has 0 saturated heterocycles. The number of amides is 1. The molecular formula is C21H21N3O4S. The van der Waals surface area contributed by atoms with Crippen molar-refractivity contribution in [2.45, 2.75) is 18.4 Å². The highest BCUT2D eigenvalue weighted by Gasteiger charge is 2.14. The molecule has 7 nitrogen and oxygen atoms in total. The lowest BCUT2D eigenvalue weighted by Crippen LogP contribution is -2.29. The lowest BCUT2D eigenvalue weighted by molar-refractivity contribution is 0.0949. The highest BCUT2D eigenvalue weighted by molar-refractivity contribution is 7.89. The van der Waals surface area contributed by atoms with E-state index in [1.165, 1.54) is 25.2 Å². The number of hydrogen-bond acceptors (Lipinski definition) is 4. The Kier molecular flexibility index (Phi) is 5.95. The van der Waals surface area contributed by atoms with Crippen LogP contribution in [0.1, 0.15) is 21.5 Å². The van der Waals surface area contributed by atoms with Gasteiger partial charge in [-0.3, -0.25) is 9.59 Å². The average Bonchev–Trinajstić information content (AvgIpc) is 2.72. The fraction of sp³-hybridized carbons (Fsp3) is 0.143. The quantitative estimate of drug-likeness (QED) is 0.578. The summed E-state index contributed by atoms with van der Waals surface area (Å²) in [6.07, 6.45) is 0. The third kappa shape index (κ3) is 4.79. The maximum atomic E-state index is 12.4. The van der Waals surface area contributed by atoms with Gasteiger partial charge in [0.2, 0.25) is 10.0 Å². The summed E-state index contributed by atoms with van der Waals surface area (Å²) in [4.78, 5) is 27.6. The normalized spacial score (nSPS) is 11.2. The van der Waals surface area contributed by atoms with Crippen molar-refractivity contribution in [3.8, 4) is 11.3 Å². The molecule has 8 heteroatoms. The number of carbonyl (C=O) groups excluding carboxylic acids is 1. The molecular weight excluding hydrogens is 390 g/mol. The zero-order chi connectivity index (χ0) is 21.0. The van der Waals surface area contributed by atoms with Crippen LogP contribution in [-0.2, 0) is 16.6 Å². The van der Waals surface area contributed by atoms with Gasteiger partial charge in [0.05, 0.1) is 4.90 Å². The molecule has 2 aromatic carbocycles. The molecule has 0 unspecified atom stereocenters. The van der Waals surface area contributed by atoms with Crippen LogP contribution in [-0.4, -0.2) is 26.4 Å². The van der Waals surface area contributed by atoms with Crippen molar-refractivity contribution < 1.29 is 13.2 Å². The average molecular weight is 411 g/mol. The standard InChI is InChI=1S/C21H21N3O4S/c1-14-5-3-7-16(11-14)19-10-9-18(21(26)24-19)20(25)23-13-15-6-4-8-17(12-15)29(27,28)22-2/h3-12,22H,13H2,1-2H3,(H,23,25)(H,24,26). The van der Waals surface area contributed by atoms with Gasteiger partial charge < -0.3 is 10.3 Å². The highest BCUT2D eigenvalue weighted by atomic mass is 32.2. The van der Waals surface area contributed by atoms with Crippen LogP contribution in [0.5, 0.6) is 0 Å². The maximum absolute atomic E-state index is 12.4. The topological polar surface area (TPSA) is 108 Å². The number of pyridine rings is 1. The van der Waals surface area contributed by atoms with Gasteiger partial charge in [-0.2, -0.15) is 0 Å². The van der Waals surface area contributed by atoms with Crippen LogP contribution in [0.3, 0.4) is 0 Å². The van der Waals surface area contributed by atoms with Gasteiger partial charge in [-0.25, -0.2) is 13.1 Å². The molecule has 3 N–H and O–H groups in total. The monoisotopic (exact) mass is 411 g/mol. The van der Waals surface area contributed by atoms with E-state index < -0.39 is 21.5 Å². The van der Waals surface area contributed by atoms with Gasteiger partial charge in [-0.05, 0) is 55.4 Å². The summed E-state index contributed by atoms with van der Waals surface area (Å²) in [5.41, 5.74) is 2.64. The molecule has 0 saturated carbocycles. The number of sulfonamides is 1. The van der Waals surface area contributed by atoms with Crippen LogP contribution in [0.2, 0.25) is 0 Å². The minimum atomic E-state index is -3.57. The lowest BCUT2D eigenvalue weighted by Gasteiger charge is -2.08. The number of carbonyl (C=O) groups is 1. The minimum Gasteiger partial charge on any atom is -0.348 e. The molecule has 0 aliphatic carbocycles. The molecule has 29 heavy (non-hydrogen) atoms. The van der Waals surface area contributed by atoms with Crippen LogP contribution in [0.25, 0.3) is 11.3 Å². The largest absolute Gasteiger partial charge is 0.348 e. The SMILES string of the molecule is CNS(=O)(=O)c1cccc(CNC(=O)c2ccc(-c3cccc(C)c3)[nH]c2=O)c1. The summed E-state index contributed by atoms with van der Waals surface area (Å²) in [5.74, 6) is -0.538. The van der Waals surface area contributed by atoms with Crippen molar-refractivity contribution in [2.24, 2.45) is 0 Å². The number of aryl methyl sites for hydroxylation is 1. The zero-order valence-electron chi connectivity index (χ0n) is 16.0. The van der Waals surface area contributed by atoms with Crippen molar-refractivity contribution in [3.63, 3.8) is 0 Å². The Hall–Kier alpha value is -3.23. The van der Waals surface area contributed by atoms with Crippen LogP contribution in [0.15, 0.2) is 70.4 Å². The summed E-state index contributed by atoms with van der Waals surface area (Å²) in [6, 6.07) is 17.1. The van der Waals surface area contributed by atoms with Crippen molar-refractivity contribution in [1.29, 1.82) is 0 Å². The van der Waals surface area contributed by atoms with E-state index in [2.05, 4.69) is 15.0 Å². The van der Waals surface area contributed by atoms with E-state index in [-0.39, 0.29) is 17.0 Å². The number of rotatable bonds is 6. The van der Waals surface area contributed by atoms with Gasteiger partial charge in [0, 0.05) is 12.2 Å². The predicted octanol–water partition coefficient (Wildman–Crippen LogP) is 2.19. The van der Waals surface area contributed by atoms with Crippen LogP contribution in [0.4, 0.5) is 0 Å². The maximum Gasteiger partial charge on any atom is 0.261 e. The molecule has 0 atom stereocenters. The van der Waals surface area contributed by atoms with Gasteiger partial charge in [0.1, 0.15) is 5.56 Å². The molecule has 1 amide bonds. The third-order valence-electron chi connectivity index (χ3n) is 4.41. The first-order chi connectivity index (χ1) is 13.8. The second kappa shape index (κ2) is 8.42. The molecule has 0 aliphatic heterocycles. The second-order valence-corrected chi connectivity index (χ2v) is 8.41. The first-order valence-corrected chi connectivity index (χ1v) is 10.4. The van der Waals surface area contributed by atoms with Crippen molar-refractivity contribution in [3.05, 3.63) is 87.7 Å². The molecule has 0 aliphatic rings. The number of H-pyrrole nitrogens is 1. The molecule has 1 heterocycles. The van der Waals surface area contributed by atoms with E-state index in [0.29, 0.717) is 11.3 Å². The van der Waals surface area contributed by atoms with Crippen molar-refractivity contribution in [2.75, 3.05) is 7.05 Å². The first kappa shape index (κ1) is 20.5. The van der Waals surface area contributed by atoms with Crippen molar-refractivity contribution >= 4 is 15.9 Å². The van der Waals surface area contributed by atoms with E-state index in [1.807, 2.05) is 31.2 Å². The Bertz CT molecular complexity index is 1220. The minimum absolute atomic E-state index is 0.0135. The van der Waals surface area contributed by atoms with Gasteiger partial charge in [0.15, 0.2) is 0 Å². The first-order valence-electron chi connectivity index (χ1n) is 8.91. The summed E-state index contributed by atoms with van der Waals surface area (Å²) in [6.45, 7) is 2.05. The number of benzene rings is 2. The predicted molar refractivity (Wildman–Crippen MR) is 111 cm³/mol. The number of nitrogens with one attached hydrogen (secondary N) is 3. The highest BCUT2D eigenvalue weighted by Crippen LogP contribution is 2.17. The van der Waals surface area contributed by atoms with Crippen molar-refractivity contribution in [1.82, 2.24) is 15.0 Å². The number of aromatic nitrogens is 1. The number of aromatic amines is 1. The Morgan fingerprint density at radius 3 is 2.48 bits per heavy atom. The molecule has 0 spiro atoms. The van der Waals surface area contributed by atoms with E-state index in [1.54, 1.807) is 18.2 Å². The summed E-state index contributed by atoms with van der Waals surface area (Å²) in [5, 5.41) is 2.65. The van der Waals surface area contributed by atoms with Crippen LogP contribution < -0.4 is 15.6 Å². The van der Waals surface area contributed by atoms with E-state index in [4.69, 9.17) is 0 Å². The smallest absolute Gasteiger partial charge is 0.261 e. The summed E-state index contributed by atoms with van der Waals surface area (Å²) in [7, 11) is -2.24. The molecule has 3 aromatic rings. The van der Waals surface area contributed by atoms with E-state index >= 15 is 0 Å². The van der Waals surface area contributed by atoms with Crippen LogP contribution in [0, 0.1) is 6.92 Å². The second-order valence-electron chi connectivity index (χ2n) is 6.52. The molecule has 0 fully saturated rings. The Morgan fingerprint density at radius 1 is 1.03 bits per heavy atom. The fourth-order valence-electron chi connectivity index (χ4n) is 2.85. The van der Waals surface area contributed by atoms with Gasteiger partial charge in [-0.15, -0.1) is 0 Å². The van der Waals surface area contributed by atoms with Crippen LogP contribution >= 0.6 is 0 Å². The Morgan fingerprint density at radius 2 is 1.79 bits per heavy atom. The fourth-order valence-corrected chi connectivity index (χ4v) is 3.65. The summed E-state index contributed by atoms with van der Waals surface area (Å²) < 4.78 is 26.0. The Labute approximate surface area is 168 Å². The molecule has 150 valence electrons. The lowest BCUT2D eigenvalue weighted by atomic mass is 10.1. The van der Waals surface area contributed by atoms with Gasteiger partial charge in [-0.1, -0.05) is 35.9 Å². The molecule has 0 radical (unpaired) electrons. The molecule has 0 bridgehead atoms. The number of hydrogen-bond donors (Lipinski definition) is 3. The van der Waals surface area contributed by atoms with Gasteiger partial charge in [0.25, 0.3) is 11.5 Å². The third-order valence-corrected chi connectivity index (χ3v) is 5.83. The van der Waals surface area contributed by atoms with Gasteiger partial charge >= 0.3 is 0 Å². The van der Waals surface area contributed by atoms with E-state index in [0.717, 1.165) is 11.1 Å². The Balaban J connectivity index is 1.75. The molecule has 1 aromatic heterocycles. The zero-order valence-corrected chi connectivity index (χ0v) is 16.8. The summed E-state index contributed by atoms with van der Waals surface area (Å²) >= 11 is 0.